The summed E-state index contributed by atoms with van der Waals surface area (Å²) in [5.41, 5.74) is 0. The average Bonchev–Trinajstić information content (AvgIpc) is 2.73. The summed E-state index contributed by atoms with van der Waals surface area (Å²) in [5.74, 6) is 1.56. The van der Waals surface area contributed by atoms with E-state index in [0.717, 1.165) is 25.3 Å². The maximum atomic E-state index is 11.6. The van der Waals surface area contributed by atoms with Crippen molar-refractivity contribution in [3.8, 4) is 0 Å². The molecule has 1 heterocycles. The number of nitrogens with zero attached hydrogens (tertiary/aromatic N) is 2. The zero-order valence-corrected chi connectivity index (χ0v) is 11.6. The van der Waals surface area contributed by atoms with Crippen molar-refractivity contribution in [1.29, 1.82) is 0 Å². The molecule has 0 bridgehead atoms. The Hall–Kier alpha value is -1.36. The molecule has 2 N–H and O–H groups in total. The van der Waals surface area contributed by atoms with E-state index in [1.807, 2.05) is 17.7 Å². The van der Waals surface area contributed by atoms with Crippen molar-refractivity contribution in [3.05, 3.63) is 18.2 Å². The van der Waals surface area contributed by atoms with Crippen LogP contribution in [0.15, 0.2) is 12.4 Å². The van der Waals surface area contributed by atoms with Crippen LogP contribution in [0, 0.1) is 5.92 Å². The molecule has 0 saturated heterocycles. The van der Waals surface area contributed by atoms with Crippen LogP contribution in [-0.2, 0) is 17.9 Å². The molecule has 0 atom stereocenters. The Balaban J connectivity index is 2.41. The van der Waals surface area contributed by atoms with E-state index in [2.05, 4.69) is 29.5 Å². The predicted molar refractivity (Wildman–Crippen MR) is 72.1 cm³/mol. The third-order valence-corrected chi connectivity index (χ3v) is 2.52. The van der Waals surface area contributed by atoms with E-state index >= 15 is 0 Å². The molecule has 0 aliphatic heterocycles. The van der Waals surface area contributed by atoms with Gasteiger partial charge in [-0.3, -0.25) is 4.79 Å². The smallest absolute Gasteiger partial charge is 0.239 e. The van der Waals surface area contributed by atoms with Gasteiger partial charge in [0.1, 0.15) is 12.4 Å². The van der Waals surface area contributed by atoms with E-state index in [-0.39, 0.29) is 5.91 Å². The summed E-state index contributed by atoms with van der Waals surface area (Å²) >= 11 is 0. The van der Waals surface area contributed by atoms with Crippen LogP contribution in [0.4, 0.5) is 0 Å². The average molecular weight is 252 g/mol. The lowest BCUT2D eigenvalue weighted by Crippen LogP contribution is -2.29. The second-order valence-corrected chi connectivity index (χ2v) is 4.85. The fourth-order valence-corrected chi connectivity index (χ4v) is 1.60. The SMILES string of the molecule is CCCNC(=O)Cn1ccnc1CNCC(C)C. The zero-order valence-electron chi connectivity index (χ0n) is 11.6. The molecule has 5 heteroatoms. The van der Waals surface area contributed by atoms with E-state index in [0.29, 0.717) is 19.0 Å². The maximum absolute atomic E-state index is 11.6. The molecule has 1 rings (SSSR count). The van der Waals surface area contributed by atoms with Crippen LogP contribution in [-0.4, -0.2) is 28.5 Å². The fourth-order valence-electron chi connectivity index (χ4n) is 1.60. The van der Waals surface area contributed by atoms with Crippen molar-refractivity contribution in [2.24, 2.45) is 5.92 Å². The summed E-state index contributed by atoms with van der Waals surface area (Å²) in [5, 5.41) is 6.19. The lowest BCUT2D eigenvalue weighted by atomic mass is 10.2. The third-order valence-electron chi connectivity index (χ3n) is 2.52. The van der Waals surface area contributed by atoms with Gasteiger partial charge in [-0.2, -0.15) is 0 Å². The Bertz CT molecular complexity index is 360. The second-order valence-electron chi connectivity index (χ2n) is 4.85. The highest BCUT2D eigenvalue weighted by Crippen LogP contribution is 1.98. The van der Waals surface area contributed by atoms with Crippen molar-refractivity contribution < 1.29 is 4.79 Å². The molecule has 1 amide bonds. The van der Waals surface area contributed by atoms with Gasteiger partial charge in [-0.25, -0.2) is 4.98 Å². The number of hydrogen-bond acceptors (Lipinski definition) is 3. The van der Waals surface area contributed by atoms with E-state index in [1.54, 1.807) is 6.20 Å². The minimum absolute atomic E-state index is 0.0416. The number of carbonyl (C=O) groups excluding carboxylic acids is 1. The normalized spacial score (nSPS) is 10.9. The Morgan fingerprint density at radius 2 is 2.28 bits per heavy atom. The first kappa shape index (κ1) is 14.7. The predicted octanol–water partition coefficient (Wildman–Crippen LogP) is 1.15. The Morgan fingerprint density at radius 3 is 2.94 bits per heavy atom. The quantitative estimate of drug-likeness (QED) is 0.730. The number of aromatic nitrogens is 2. The van der Waals surface area contributed by atoms with Crippen molar-refractivity contribution in [1.82, 2.24) is 20.2 Å². The fraction of sp³-hybridized carbons (Fsp3) is 0.692. The molecule has 5 nitrogen and oxygen atoms in total. The molecule has 18 heavy (non-hydrogen) atoms. The first-order valence-electron chi connectivity index (χ1n) is 6.61. The lowest BCUT2D eigenvalue weighted by molar-refractivity contribution is -0.121. The maximum Gasteiger partial charge on any atom is 0.239 e. The molecule has 102 valence electrons. The van der Waals surface area contributed by atoms with E-state index < -0.39 is 0 Å². The lowest BCUT2D eigenvalue weighted by Gasteiger charge is -2.10. The molecule has 0 aromatic carbocycles. The van der Waals surface area contributed by atoms with Gasteiger partial charge >= 0.3 is 0 Å². The van der Waals surface area contributed by atoms with Crippen LogP contribution >= 0.6 is 0 Å². The van der Waals surface area contributed by atoms with Gasteiger partial charge in [0.2, 0.25) is 5.91 Å². The Morgan fingerprint density at radius 1 is 1.50 bits per heavy atom. The molecule has 1 aromatic rings. The van der Waals surface area contributed by atoms with Crippen LogP contribution in [0.3, 0.4) is 0 Å². The number of carbonyl (C=O) groups is 1. The molecule has 0 saturated carbocycles. The highest BCUT2D eigenvalue weighted by Gasteiger charge is 2.07. The molecule has 0 unspecified atom stereocenters. The number of hydrogen-bond donors (Lipinski definition) is 2. The molecule has 0 radical (unpaired) electrons. The highest BCUT2D eigenvalue weighted by molar-refractivity contribution is 5.75. The number of amides is 1. The largest absolute Gasteiger partial charge is 0.355 e. The van der Waals surface area contributed by atoms with E-state index in [1.165, 1.54) is 0 Å². The molecule has 0 spiro atoms. The molecule has 0 aliphatic carbocycles. The first-order valence-corrected chi connectivity index (χ1v) is 6.61. The van der Waals surface area contributed by atoms with Crippen LogP contribution in [0.5, 0.6) is 0 Å². The topological polar surface area (TPSA) is 59.0 Å². The molecule has 0 aliphatic rings. The van der Waals surface area contributed by atoms with Crippen molar-refractivity contribution >= 4 is 5.91 Å². The summed E-state index contributed by atoms with van der Waals surface area (Å²) in [6.45, 7) is 9.10. The van der Waals surface area contributed by atoms with Crippen LogP contribution in [0.1, 0.15) is 33.0 Å². The van der Waals surface area contributed by atoms with Crippen LogP contribution < -0.4 is 10.6 Å². The first-order chi connectivity index (χ1) is 8.63. The van der Waals surface area contributed by atoms with Crippen molar-refractivity contribution in [2.75, 3.05) is 13.1 Å². The van der Waals surface area contributed by atoms with E-state index in [9.17, 15) is 4.79 Å². The number of nitrogens with one attached hydrogen (secondary N) is 2. The van der Waals surface area contributed by atoms with Gasteiger partial charge in [0, 0.05) is 18.9 Å². The summed E-state index contributed by atoms with van der Waals surface area (Å²) < 4.78 is 1.89. The second kappa shape index (κ2) is 7.87. The van der Waals surface area contributed by atoms with Crippen molar-refractivity contribution in [2.45, 2.75) is 40.3 Å². The molecular formula is C13H24N4O. The Labute approximate surface area is 109 Å². The van der Waals surface area contributed by atoms with Crippen LogP contribution in [0.2, 0.25) is 0 Å². The molecule has 0 fully saturated rings. The number of imidazole rings is 1. The van der Waals surface area contributed by atoms with Gasteiger partial charge in [-0.15, -0.1) is 0 Å². The van der Waals surface area contributed by atoms with Gasteiger partial charge in [-0.05, 0) is 18.9 Å². The summed E-state index contributed by atoms with van der Waals surface area (Å²) in [6.07, 6.45) is 4.54. The van der Waals surface area contributed by atoms with E-state index in [4.69, 9.17) is 0 Å². The molecular weight excluding hydrogens is 228 g/mol. The van der Waals surface area contributed by atoms with Gasteiger partial charge in [0.15, 0.2) is 0 Å². The highest BCUT2D eigenvalue weighted by atomic mass is 16.1. The summed E-state index contributed by atoms with van der Waals surface area (Å²) in [4.78, 5) is 15.9. The van der Waals surface area contributed by atoms with Gasteiger partial charge in [-0.1, -0.05) is 20.8 Å². The minimum atomic E-state index is 0.0416. The Kier molecular flexibility index (Phi) is 6.43. The monoisotopic (exact) mass is 252 g/mol. The van der Waals surface area contributed by atoms with Gasteiger partial charge in [0.05, 0.1) is 6.54 Å². The third kappa shape index (κ3) is 5.31. The standard InChI is InChI=1S/C13H24N4O/c1-4-5-16-13(18)10-17-7-6-15-12(17)9-14-8-11(2)3/h6-7,11,14H,4-5,8-10H2,1-3H3,(H,16,18). The molecule has 1 aromatic heterocycles. The zero-order chi connectivity index (χ0) is 13.4. The minimum Gasteiger partial charge on any atom is -0.355 e. The number of rotatable bonds is 8. The van der Waals surface area contributed by atoms with Gasteiger partial charge in [0.25, 0.3) is 0 Å². The van der Waals surface area contributed by atoms with Gasteiger partial charge < -0.3 is 15.2 Å². The summed E-state index contributed by atoms with van der Waals surface area (Å²) in [7, 11) is 0. The van der Waals surface area contributed by atoms with Crippen LogP contribution in [0.25, 0.3) is 0 Å². The van der Waals surface area contributed by atoms with Crippen molar-refractivity contribution in [3.63, 3.8) is 0 Å². The summed E-state index contributed by atoms with van der Waals surface area (Å²) in [6, 6.07) is 0.